The summed E-state index contributed by atoms with van der Waals surface area (Å²) >= 11 is 0. The summed E-state index contributed by atoms with van der Waals surface area (Å²) in [7, 11) is -3.82. The zero-order valence-corrected chi connectivity index (χ0v) is 13.4. The van der Waals surface area contributed by atoms with Gasteiger partial charge in [0.25, 0.3) is 10.1 Å². The van der Waals surface area contributed by atoms with Gasteiger partial charge in [-0.1, -0.05) is 17.7 Å². The zero-order valence-electron chi connectivity index (χ0n) is 12.6. The largest absolute Gasteiger partial charge is 0.380 e. The lowest BCUT2D eigenvalue weighted by molar-refractivity contribution is -0.134. The Hall–Kier alpha value is -1.24. The number of rotatable bonds is 3. The van der Waals surface area contributed by atoms with Crippen molar-refractivity contribution >= 4 is 15.9 Å². The summed E-state index contributed by atoms with van der Waals surface area (Å²) in [6.07, 6.45) is 1.53. The summed E-state index contributed by atoms with van der Waals surface area (Å²) in [5.74, 6) is 0.0698. The molecule has 2 atom stereocenters. The predicted octanol–water partition coefficient (Wildman–Crippen LogP) is 2.23. The summed E-state index contributed by atoms with van der Waals surface area (Å²) in [6.45, 7) is 2.96. The van der Waals surface area contributed by atoms with Gasteiger partial charge in [-0.15, -0.1) is 0 Å². The molecule has 6 heteroatoms. The van der Waals surface area contributed by atoms with Crippen LogP contribution in [-0.2, 0) is 23.8 Å². The van der Waals surface area contributed by atoms with E-state index >= 15 is 0 Å². The molecule has 1 aromatic rings. The van der Waals surface area contributed by atoms with Crippen LogP contribution < -0.4 is 0 Å². The van der Waals surface area contributed by atoms with E-state index in [1.54, 1.807) is 12.1 Å². The molecule has 0 aromatic heterocycles. The van der Waals surface area contributed by atoms with Gasteiger partial charge in [0.15, 0.2) is 0 Å². The van der Waals surface area contributed by atoms with E-state index in [0.717, 1.165) is 12.0 Å². The fourth-order valence-electron chi connectivity index (χ4n) is 3.15. The number of benzene rings is 1. The molecule has 2 fully saturated rings. The first-order valence-electron chi connectivity index (χ1n) is 7.52. The fraction of sp³-hybridized carbons (Fsp3) is 0.562. The Balaban J connectivity index is 1.69. The molecular weight excluding hydrogens is 304 g/mol. The van der Waals surface area contributed by atoms with E-state index in [-0.39, 0.29) is 17.1 Å². The Morgan fingerprint density at radius 3 is 2.55 bits per heavy atom. The highest BCUT2D eigenvalue weighted by molar-refractivity contribution is 7.86. The van der Waals surface area contributed by atoms with Gasteiger partial charge in [0, 0.05) is 13.0 Å². The lowest BCUT2D eigenvalue weighted by Gasteiger charge is -2.33. The number of carbonyl (C=O) groups is 1. The molecule has 1 aliphatic heterocycles. The van der Waals surface area contributed by atoms with Crippen molar-refractivity contribution in [2.24, 2.45) is 5.41 Å². The van der Waals surface area contributed by atoms with E-state index < -0.39 is 21.6 Å². The van der Waals surface area contributed by atoms with Gasteiger partial charge in [-0.05, 0) is 38.3 Å². The molecule has 1 spiro atoms. The van der Waals surface area contributed by atoms with Crippen molar-refractivity contribution in [1.82, 2.24) is 0 Å². The molecule has 1 aromatic carbocycles. The quantitative estimate of drug-likeness (QED) is 0.798. The zero-order chi connectivity index (χ0) is 15.8. The van der Waals surface area contributed by atoms with Gasteiger partial charge in [-0.3, -0.25) is 8.98 Å². The normalized spacial score (nSPS) is 29.1. The Labute approximate surface area is 130 Å². The maximum Gasteiger partial charge on any atom is 0.297 e. The summed E-state index contributed by atoms with van der Waals surface area (Å²) in [6, 6.07) is 6.52. The molecule has 0 radical (unpaired) electrons. The maximum atomic E-state index is 12.3. The minimum absolute atomic E-state index is 0.0698. The lowest BCUT2D eigenvalue weighted by Crippen LogP contribution is -2.40. The summed E-state index contributed by atoms with van der Waals surface area (Å²) in [4.78, 5) is 12.5. The van der Waals surface area contributed by atoms with Gasteiger partial charge in [-0.2, -0.15) is 8.42 Å². The number of hydrogen-bond donors (Lipinski definition) is 0. The highest BCUT2D eigenvalue weighted by Gasteiger charge is 2.46. The molecule has 1 heterocycles. The van der Waals surface area contributed by atoms with Crippen molar-refractivity contribution in [2.45, 2.75) is 43.6 Å². The first-order valence-corrected chi connectivity index (χ1v) is 8.93. The molecule has 0 amide bonds. The van der Waals surface area contributed by atoms with Crippen LogP contribution in [-0.4, -0.2) is 33.5 Å². The molecule has 2 aliphatic rings. The Morgan fingerprint density at radius 2 is 1.95 bits per heavy atom. The van der Waals surface area contributed by atoms with E-state index in [4.69, 9.17) is 8.92 Å². The highest BCUT2D eigenvalue weighted by atomic mass is 32.2. The molecule has 2 unspecified atom stereocenters. The standard InChI is InChI=1S/C16H20O5S/c1-12-2-4-14(5-3-12)22(18,19)21-13-6-7-16(15(17)10-13)8-9-20-11-16/h2-5,13H,6-11H2,1H3. The second kappa shape index (κ2) is 5.76. The Bertz CT molecular complexity index is 656. The van der Waals surface area contributed by atoms with Gasteiger partial charge < -0.3 is 4.74 Å². The molecule has 1 saturated heterocycles. The third-order valence-corrected chi connectivity index (χ3v) is 6.00. The van der Waals surface area contributed by atoms with E-state index in [9.17, 15) is 13.2 Å². The van der Waals surface area contributed by atoms with Crippen LogP contribution in [0.15, 0.2) is 29.2 Å². The van der Waals surface area contributed by atoms with Crippen molar-refractivity contribution in [3.63, 3.8) is 0 Å². The maximum absolute atomic E-state index is 12.3. The van der Waals surface area contributed by atoms with Crippen LogP contribution in [0.3, 0.4) is 0 Å². The minimum Gasteiger partial charge on any atom is -0.380 e. The fourth-order valence-corrected chi connectivity index (χ4v) is 4.25. The van der Waals surface area contributed by atoms with Gasteiger partial charge in [-0.25, -0.2) is 0 Å². The van der Waals surface area contributed by atoms with E-state index in [1.165, 1.54) is 12.1 Å². The molecule has 5 nitrogen and oxygen atoms in total. The third-order valence-electron chi connectivity index (χ3n) is 4.63. The van der Waals surface area contributed by atoms with E-state index in [1.807, 2.05) is 6.92 Å². The molecule has 120 valence electrons. The number of hydrogen-bond acceptors (Lipinski definition) is 5. The van der Waals surface area contributed by atoms with Crippen molar-refractivity contribution in [2.75, 3.05) is 13.2 Å². The van der Waals surface area contributed by atoms with Crippen molar-refractivity contribution in [1.29, 1.82) is 0 Å². The summed E-state index contributed by atoms with van der Waals surface area (Å²) in [5, 5.41) is 0. The molecule has 0 bridgehead atoms. The van der Waals surface area contributed by atoms with Crippen LogP contribution in [0, 0.1) is 12.3 Å². The molecule has 3 rings (SSSR count). The molecule has 0 N–H and O–H groups in total. The predicted molar refractivity (Wildman–Crippen MR) is 80.0 cm³/mol. The Morgan fingerprint density at radius 1 is 1.23 bits per heavy atom. The number of ether oxygens (including phenoxy) is 1. The molecular formula is C16H20O5S. The first-order chi connectivity index (χ1) is 10.4. The van der Waals surface area contributed by atoms with Crippen LogP contribution in [0.5, 0.6) is 0 Å². The third kappa shape index (κ3) is 2.95. The molecule has 1 aliphatic carbocycles. The molecule has 22 heavy (non-hydrogen) atoms. The smallest absolute Gasteiger partial charge is 0.297 e. The Kier molecular flexibility index (Phi) is 4.09. The van der Waals surface area contributed by atoms with Gasteiger partial charge in [0.1, 0.15) is 5.78 Å². The summed E-state index contributed by atoms with van der Waals surface area (Å²) in [5.41, 5.74) is 0.586. The SMILES string of the molecule is Cc1ccc(S(=O)(=O)OC2CCC3(CCOC3)C(=O)C2)cc1. The van der Waals surface area contributed by atoms with E-state index in [0.29, 0.717) is 26.1 Å². The van der Waals surface area contributed by atoms with Crippen LogP contribution in [0.25, 0.3) is 0 Å². The first kappa shape index (κ1) is 15.6. The average Bonchev–Trinajstić information content (AvgIpc) is 2.93. The highest BCUT2D eigenvalue weighted by Crippen LogP contribution is 2.41. The second-order valence-corrected chi connectivity index (χ2v) is 7.81. The van der Waals surface area contributed by atoms with Crippen molar-refractivity contribution in [3.8, 4) is 0 Å². The van der Waals surface area contributed by atoms with Crippen LogP contribution >= 0.6 is 0 Å². The average molecular weight is 324 g/mol. The molecule has 1 saturated carbocycles. The van der Waals surface area contributed by atoms with Gasteiger partial charge in [0.05, 0.1) is 23.0 Å². The van der Waals surface area contributed by atoms with Crippen LogP contribution in [0.1, 0.15) is 31.2 Å². The van der Waals surface area contributed by atoms with Gasteiger partial charge >= 0.3 is 0 Å². The monoisotopic (exact) mass is 324 g/mol. The minimum atomic E-state index is -3.82. The summed E-state index contributed by atoms with van der Waals surface area (Å²) < 4.78 is 35.2. The lowest BCUT2D eigenvalue weighted by atomic mass is 9.72. The van der Waals surface area contributed by atoms with Crippen molar-refractivity contribution in [3.05, 3.63) is 29.8 Å². The number of carbonyl (C=O) groups excluding carboxylic acids is 1. The van der Waals surface area contributed by atoms with Gasteiger partial charge in [0.2, 0.25) is 0 Å². The topological polar surface area (TPSA) is 69.7 Å². The number of Topliss-reactive ketones (excluding diaryl/α,β-unsaturated/α-hetero) is 1. The number of ketones is 1. The van der Waals surface area contributed by atoms with Crippen molar-refractivity contribution < 1.29 is 22.1 Å². The van der Waals surface area contributed by atoms with Crippen LogP contribution in [0.4, 0.5) is 0 Å². The van der Waals surface area contributed by atoms with Crippen LogP contribution in [0.2, 0.25) is 0 Å². The second-order valence-electron chi connectivity index (χ2n) is 6.23. The number of aryl methyl sites for hydroxylation is 1. The van der Waals surface area contributed by atoms with E-state index in [2.05, 4.69) is 0 Å².